The maximum atomic E-state index is 10.4. The number of hydrogen-bond donors (Lipinski definition) is 3. The van der Waals surface area contributed by atoms with Crippen LogP contribution in [0.4, 0.5) is 0 Å². The third-order valence-corrected chi connectivity index (χ3v) is 9.42. The molecule has 0 aliphatic heterocycles. The Hall–Kier alpha value is -0.120. The summed E-state index contributed by atoms with van der Waals surface area (Å²) in [5, 5.41) is 10.4. The van der Waals surface area contributed by atoms with Crippen LogP contribution in [-0.4, -0.2) is 23.8 Å². The van der Waals surface area contributed by atoms with E-state index >= 15 is 0 Å². The minimum absolute atomic E-state index is 0.129. The van der Waals surface area contributed by atoms with Crippen LogP contribution in [0.15, 0.2) is 0 Å². The summed E-state index contributed by atoms with van der Waals surface area (Å²) in [6, 6.07) is 0.659. The van der Waals surface area contributed by atoms with Crippen molar-refractivity contribution in [2.24, 2.45) is 51.9 Å². The summed E-state index contributed by atoms with van der Waals surface area (Å²) in [4.78, 5) is 0. The fourth-order valence-corrected chi connectivity index (χ4v) is 8.24. The quantitative estimate of drug-likeness (QED) is 0.725. The predicted octanol–water partition coefficient (Wildman–Crippen LogP) is 3.29. The molecule has 0 spiro atoms. The summed E-state index contributed by atoms with van der Waals surface area (Å²) in [7, 11) is 0. The van der Waals surface area contributed by atoms with Crippen LogP contribution in [0.25, 0.3) is 0 Å². The molecule has 0 aromatic carbocycles. The van der Waals surface area contributed by atoms with Gasteiger partial charge < -0.3 is 16.6 Å². The normalized spacial score (nSPS) is 55.4. The molecule has 5 N–H and O–H groups in total. The Balaban J connectivity index is 1.62. The second-order valence-electron chi connectivity index (χ2n) is 10.2. The lowest BCUT2D eigenvalue weighted by Gasteiger charge is -2.61. The van der Waals surface area contributed by atoms with Gasteiger partial charge in [0.1, 0.15) is 0 Å². The molecule has 1 unspecified atom stereocenters. The molecule has 0 radical (unpaired) electrons. The van der Waals surface area contributed by atoms with Crippen LogP contribution < -0.4 is 11.5 Å². The summed E-state index contributed by atoms with van der Waals surface area (Å²) < 4.78 is 0. The molecule has 138 valence electrons. The first-order chi connectivity index (χ1) is 11.4. The van der Waals surface area contributed by atoms with Gasteiger partial charge in [-0.2, -0.15) is 0 Å². The molecule has 0 heterocycles. The van der Waals surface area contributed by atoms with Gasteiger partial charge in [0.15, 0.2) is 0 Å². The third kappa shape index (κ3) is 2.27. The van der Waals surface area contributed by atoms with Crippen LogP contribution in [0.5, 0.6) is 0 Å². The summed E-state index contributed by atoms with van der Waals surface area (Å²) in [6.07, 6.45) is 11.6. The van der Waals surface area contributed by atoms with Crippen LogP contribution in [0.2, 0.25) is 0 Å². The van der Waals surface area contributed by atoms with E-state index in [1.165, 1.54) is 57.8 Å². The van der Waals surface area contributed by atoms with Crippen LogP contribution in [0.1, 0.15) is 71.6 Å². The highest BCUT2D eigenvalue weighted by molar-refractivity contribution is 5.11. The van der Waals surface area contributed by atoms with Crippen LogP contribution in [0, 0.1) is 40.4 Å². The van der Waals surface area contributed by atoms with Gasteiger partial charge in [-0.05, 0) is 99.7 Å². The van der Waals surface area contributed by atoms with Crippen molar-refractivity contribution in [3.05, 3.63) is 0 Å². The number of aliphatic hydroxyl groups excluding tert-OH is 1. The van der Waals surface area contributed by atoms with Crippen molar-refractivity contribution in [2.75, 3.05) is 6.61 Å². The molecular formula is C21H38N2O. The molecule has 24 heavy (non-hydrogen) atoms. The molecule has 3 heteroatoms. The Morgan fingerprint density at radius 2 is 1.83 bits per heavy atom. The van der Waals surface area contributed by atoms with Crippen molar-refractivity contribution in [3.63, 3.8) is 0 Å². The second-order valence-corrected chi connectivity index (χ2v) is 10.2. The van der Waals surface area contributed by atoms with Gasteiger partial charge in [-0.3, -0.25) is 0 Å². The highest BCUT2D eigenvalue weighted by Crippen LogP contribution is 2.67. The lowest BCUT2D eigenvalue weighted by molar-refractivity contribution is -0.131. The van der Waals surface area contributed by atoms with Gasteiger partial charge in [0.25, 0.3) is 0 Å². The highest BCUT2D eigenvalue weighted by Gasteiger charge is 2.61. The van der Waals surface area contributed by atoms with Gasteiger partial charge >= 0.3 is 0 Å². The van der Waals surface area contributed by atoms with Crippen molar-refractivity contribution in [3.8, 4) is 0 Å². The molecular weight excluding hydrogens is 296 g/mol. The molecule has 9 atom stereocenters. The summed E-state index contributed by atoms with van der Waals surface area (Å²) in [5.74, 6) is 3.77. The zero-order valence-electron chi connectivity index (χ0n) is 15.7. The van der Waals surface area contributed by atoms with E-state index in [1.54, 1.807) is 0 Å². The Morgan fingerprint density at radius 3 is 2.54 bits per heavy atom. The van der Waals surface area contributed by atoms with Crippen molar-refractivity contribution in [1.82, 2.24) is 0 Å². The van der Waals surface area contributed by atoms with Crippen LogP contribution in [-0.2, 0) is 0 Å². The number of fused-ring (bicyclic) bond motifs is 5. The van der Waals surface area contributed by atoms with Gasteiger partial charge in [-0.15, -0.1) is 0 Å². The standard InChI is InChI=1S/C21H38N2O/c1-13(22)17-5-6-19-16-4-3-14-11-15(23)7-9-20(14,2)18(16)8-10-21(17,19)12-24/h13-19,24H,3-12,22-23H2,1-2H3/t13?,14-,15-,16+,17+,18-,19-,20-,21-/m0/s1. The topological polar surface area (TPSA) is 72.3 Å². The van der Waals surface area contributed by atoms with E-state index in [2.05, 4.69) is 13.8 Å². The minimum Gasteiger partial charge on any atom is -0.396 e. The van der Waals surface area contributed by atoms with E-state index in [-0.39, 0.29) is 11.5 Å². The lowest BCUT2D eigenvalue weighted by Crippen LogP contribution is -2.56. The first-order valence-corrected chi connectivity index (χ1v) is 10.5. The average Bonchev–Trinajstić information content (AvgIpc) is 2.95. The Bertz CT molecular complexity index is 480. The zero-order chi connectivity index (χ0) is 17.1. The van der Waals surface area contributed by atoms with Crippen molar-refractivity contribution >= 4 is 0 Å². The van der Waals surface area contributed by atoms with Gasteiger partial charge in [0, 0.05) is 24.1 Å². The monoisotopic (exact) mass is 334 g/mol. The molecule has 0 aromatic rings. The van der Waals surface area contributed by atoms with Gasteiger partial charge in [0.2, 0.25) is 0 Å². The third-order valence-electron chi connectivity index (χ3n) is 9.42. The van der Waals surface area contributed by atoms with Crippen molar-refractivity contribution in [1.29, 1.82) is 0 Å². The molecule has 4 aliphatic rings. The summed E-state index contributed by atoms with van der Waals surface area (Å²) >= 11 is 0. The molecule has 0 bridgehead atoms. The van der Waals surface area contributed by atoms with Gasteiger partial charge in [-0.1, -0.05) is 6.92 Å². The molecule has 4 saturated carbocycles. The summed E-state index contributed by atoms with van der Waals surface area (Å²) in [5.41, 5.74) is 13.3. The zero-order valence-corrected chi connectivity index (χ0v) is 15.7. The van der Waals surface area contributed by atoms with E-state index < -0.39 is 0 Å². The van der Waals surface area contributed by atoms with E-state index in [0.717, 1.165) is 17.8 Å². The van der Waals surface area contributed by atoms with Crippen LogP contribution in [0.3, 0.4) is 0 Å². The average molecular weight is 335 g/mol. The molecule has 0 aromatic heterocycles. The Labute approximate surface area is 147 Å². The number of rotatable bonds is 2. The molecule has 4 aliphatic carbocycles. The maximum absolute atomic E-state index is 10.4. The number of hydrogen-bond acceptors (Lipinski definition) is 3. The van der Waals surface area contributed by atoms with Crippen molar-refractivity contribution < 1.29 is 5.11 Å². The predicted molar refractivity (Wildman–Crippen MR) is 98.3 cm³/mol. The Kier molecular flexibility index (Phi) is 4.29. The molecule has 4 rings (SSSR count). The number of aliphatic hydroxyl groups is 1. The van der Waals surface area contributed by atoms with Crippen LogP contribution >= 0.6 is 0 Å². The Morgan fingerprint density at radius 1 is 1.04 bits per heavy atom. The van der Waals surface area contributed by atoms with Gasteiger partial charge in [-0.25, -0.2) is 0 Å². The number of nitrogens with two attached hydrogens (primary N) is 2. The summed E-state index contributed by atoms with van der Waals surface area (Å²) in [6.45, 7) is 5.11. The van der Waals surface area contributed by atoms with E-state index in [1.807, 2.05) is 0 Å². The minimum atomic E-state index is 0.129. The molecule has 0 amide bonds. The first kappa shape index (κ1) is 17.3. The second kappa shape index (κ2) is 5.96. The van der Waals surface area contributed by atoms with Crippen molar-refractivity contribution in [2.45, 2.75) is 83.7 Å². The fourth-order valence-electron chi connectivity index (χ4n) is 8.24. The molecule has 0 saturated heterocycles. The highest BCUT2D eigenvalue weighted by atomic mass is 16.3. The lowest BCUT2D eigenvalue weighted by atomic mass is 9.44. The maximum Gasteiger partial charge on any atom is 0.0493 e. The van der Waals surface area contributed by atoms with E-state index in [0.29, 0.717) is 29.9 Å². The molecule has 4 fully saturated rings. The SMILES string of the molecule is CC(N)[C@H]1CC[C@H]2[C@@H]3CC[C@H]4C[C@@H](N)CC[C@]4(C)[C@H]3CC[C@]12CO. The first-order valence-electron chi connectivity index (χ1n) is 10.5. The fraction of sp³-hybridized carbons (Fsp3) is 1.00. The van der Waals surface area contributed by atoms with E-state index in [9.17, 15) is 5.11 Å². The van der Waals surface area contributed by atoms with E-state index in [4.69, 9.17) is 11.5 Å². The largest absolute Gasteiger partial charge is 0.396 e. The van der Waals surface area contributed by atoms with Gasteiger partial charge in [0.05, 0.1) is 0 Å². The smallest absolute Gasteiger partial charge is 0.0493 e. The molecule has 3 nitrogen and oxygen atoms in total.